The highest BCUT2D eigenvalue weighted by atomic mass is 79.9. The fourth-order valence-corrected chi connectivity index (χ4v) is 4.12. The second kappa shape index (κ2) is 13.8. The summed E-state index contributed by atoms with van der Waals surface area (Å²) < 4.78 is 6.91. The third-order valence-corrected chi connectivity index (χ3v) is 6.58. The zero-order valence-corrected chi connectivity index (χ0v) is 22.7. The van der Waals surface area contributed by atoms with E-state index in [0.717, 1.165) is 39.8 Å². The fourth-order valence-electron chi connectivity index (χ4n) is 3.86. The van der Waals surface area contributed by atoms with Gasteiger partial charge in [-0.2, -0.15) is 0 Å². The van der Waals surface area contributed by atoms with E-state index < -0.39 is 0 Å². The van der Waals surface area contributed by atoms with E-state index in [1.54, 1.807) is 0 Å². The van der Waals surface area contributed by atoms with Crippen molar-refractivity contribution in [2.24, 2.45) is 0 Å². The van der Waals surface area contributed by atoms with Crippen LogP contribution in [0, 0.1) is 6.92 Å². The van der Waals surface area contributed by atoms with Crippen LogP contribution in [-0.4, -0.2) is 11.0 Å². The maximum Gasteiger partial charge on any atom is 0.246 e. The van der Waals surface area contributed by atoms with Crippen molar-refractivity contribution in [1.29, 1.82) is 0 Å². The molecule has 37 heavy (non-hydrogen) atoms. The fraction of sp³-hybridized carbons (Fsp3) is 0.219. The number of hydroxylamine groups is 2. The Morgan fingerprint density at radius 2 is 1.35 bits per heavy atom. The number of aryl methyl sites for hydroxylation is 2. The average Bonchev–Trinajstić information content (AvgIpc) is 2.93. The molecule has 0 N–H and O–H groups in total. The van der Waals surface area contributed by atoms with Crippen LogP contribution in [0.4, 0.5) is 0 Å². The minimum atomic E-state index is -0.0168. The molecule has 5 heteroatoms. The summed E-state index contributed by atoms with van der Waals surface area (Å²) in [5.41, 5.74) is 5.59. The number of carbonyl (C=O) groups excluding carboxylic acids is 1. The van der Waals surface area contributed by atoms with Gasteiger partial charge in [-0.05, 0) is 66.3 Å². The van der Waals surface area contributed by atoms with Crippen LogP contribution in [-0.2, 0) is 35.8 Å². The molecule has 0 radical (unpaired) electrons. The first-order valence-electron chi connectivity index (χ1n) is 12.5. The van der Waals surface area contributed by atoms with Gasteiger partial charge in [0.05, 0.1) is 6.54 Å². The van der Waals surface area contributed by atoms with Crippen molar-refractivity contribution in [3.8, 4) is 5.75 Å². The van der Waals surface area contributed by atoms with Crippen LogP contribution in [0.5, 0.6) is 5.75 Å². The van der Waals surface area contributed by atoms with Crippen LogP contribution in [0.15, 0.2) is 108 Å². The summed E-state index contributed by atoms with van der Waals surface area (Å²) in [4.78, 5) is 19.1. The van der Waals surface area contributed by atoms with Crippen molar-refractivity contribution in [1.82, 2.24) is 5.06 Å². The number of carbonyl (C=O) groups is 1. The van der Waals surface area contributed by atoms with Gasteiger partial charge in [-0.25, -0.2) is 5.06 Å². The van der Waals surface area contributed by atoms with Crippen molar-refractivity contribution >= 4 is 21.8 Å². The van der Waals surface area contributed by atoms with Gasteiger partial charge in [-0.15, -0.1) is 0 Å². The molecule has 0 aliphatic rings. The van der Waals surface area contributed by atoms with Crippen LogP contribution in [0.1, 0.15) is 40.7 Å². The lowest BCUT2D eigenvalue weighted by atomic mass is 10.1. The van der Waals surface area contributed by atoms with Gasteiger partial charge in [0.15, 0.2) is 0 Å². The Labute approximate surface area is 227 Å². The first-order valence-corrected chi connectivity index (χ1v) is 13.3. The Morgan fingerprint density at radius 1 is 0.730 bits per heavy atom. The quantitative estimate of drug-likeness (QED) is 0.167. The van der Waals surface area contributed by atoms with Crippen LogP contribution in [0.25, 0.3) is 0 Å². The number of rotatable bonds is 12. The monoisotopic (exact) mass is 557 g/mol. The summed E-state index contributed by atoms with van der Waals surface area (Å²) in [5.74, 6) is 0.782. The molecule has 4 rings (SSSR count). The molecule has 0 saturated carbocycles. The van der Waals surface area contributed by atoms with Gasteiger partial charge in [0.1, 0.15) is 19.0 Å². The highest BCUT2D eigenvalue weighted by Crippen LogP contribution is 2.18. The van der Waals surface area contributed by atoms with Crippen molar-refractivity contribution in [2.45, 2.75) is 45.9 Å². The second-order valence-electron chi connectivity index (χ2n) is 9.09. The molecule has 0 fully saturated rings. The summed E-state index contributed by atoms with van der Waals surface area (Å²) in [6, 6.07) is 34.3. The third kappa shape index (κ3) is 8.88. The van der Waals surface area contributed by atoms with E-state index in [-0.39, 0.29) is 5.91 Å². The molecule has 0 aromatic heterocycles. The Hall–Kier alpha value is -3.41. The molecule has 0 unspecified atom stereocenters. The maximum atomic E-state index is 13.1. The van der Waals surface area contributed by atoms with E-state index in [1.807, 2.05) is 66.7 Å². The van der Waals surface area contributed by atoms with Gasteiger partial charge in [-0.3, -0.25) is 9.63 Å². The highest BCUT2D eigenvalue weighted by Gasteiger charge is 2.15. The number of hydrogen-bond donors (Lipinski definition) is 0. The predicted molar refractivity (Wildman–Crippen MR) is 151 cm³/mol. The third-order valence-electron chi connectivity index (χ3n) is 6.05. The second-order valence-corrected chi connectivity index (χ2v) is 10.0. The number of ether oxygens (including phenoxy) is 1. The van der Waals surface area contributed by atoms with E-state index in [0.29, 0.717) is 26.2 Å². The van der Waals surface area contributed by atoms with Gasteiger partial charge < -0.3 is 4.74 Å². The van der Waals surface area contributed by atoms with E-state index in [9.17, 15) is 4.79 Å². The predicted octanol–water partition coefficient (Wildman–Crippen LogP) is 7.82. The number of halogens is 1. The Kier molecular flexibility index (Phi) is 9.92. The minimum absolute atomic E-state index is 0.0168. The molecule has 0 spiro atoms. The maximum absolute atomic E-state index is 13.1. The van der Waals surface area contributed by atoms with Gasteiger partial charge in [-0.1, -0.05) is 100 Å². The Balaban J connectivity index is 1.32. The van der Waals surface area contributed by atoms with Crippen molar-refractivity contribution < 1.29 is 14.4 Å². The largest absolute Gasteiger partial charge is 0.489 e. The van der Waals surface area contributed by atoms with Crippen LogP contribution in [0.3, 0.4) is 0 Å². The Bertz CT molecular complexity index is 1240. The first kappa shape index (κ1) is 26.6. The number of hydrogen-bond acceptors (Lipinski definition) is 3. The summed E-state index contributed by atoms with van der Waals surface area (Å²) in [7, 11) is 0. The first-order chi connectivity index (χ1) is 18.0. The topological polar surface area (TPSA) is 38.8 Å². The van der Waals surface area contributed by atoms with E-state index >= 15 is 0 Å². The van der Waals surface area contributed by atoms with Gasteiger partial charge in [0.25, 0.3) is 0 Å². The lowest BCUT2D eigenvalue weighted by Crippen LogP contribution is -2.30. The summed E-state index contributed by atoms with van der Waals surface area (Å²) in [5, 5.41) is 1.50. The van der Waals surface area contributed by atoms with Crippen LogP contribution >= 0.6 is 15.9 Å². The van der Waals surface area contributed by atoms with Crippen molar-refractivity contribution in [3.05, 3.63) is 135 Å². The average molecular weight is 559 g/mol. The molecule has 190 valence electrons. The smallest absolute Gasteiger partial charge is 0.246 e. The molecule has 0 atom stereocenters. The molecule has 0 aliphatic carbocycles. The number of benzene rings is 4. The normalized spacial score (nSPS) is 10.8. The van der Waals surface area contributed by atoms with Gasteiger partial charge in [0, 0.05) is 10.9 Å². The standard InChI is InChI=1S/C32H32BrNO3/c1-25-10-12-28(13-11-25)23-36-31-20-16-29(17-21-31)24-37-34(22-27-14-18-30(33)19-15-27)32(35)9-5-8-26-6-3-2-4-7-26/h2-4,6-7,10-21H,5,8-9,22-24H2,1H3. The lowest BCUT2D eigenvalue weighted by molar-refractivity contribution is -0.195. The Morgan fingerprint density at radius 3 is 2.05 bits per heavy atom. The number of amides is 1. The highest BCUT2D eigenvalue weighted by molar-refractivity contribution is 9.10. The number of nitrogens with zero attached hydrogens (tertiary/aromatic N) is 1. The molecule has 0 aliphatic heterocycles. The molecule has 0 bridgehead atoms. The lowest BCUT2D eigenvalue weighted by Gasteiger charge is -2.22. The van der Waals surface area contributed by atoms with E-state index in [4.69, 9.17) is 9.57 Å². The van der Waals surface area contributed by atoms with Crippen LogP contribution in [0.2, 0.25) is 0 Å². The zero-order chi connectivity index (χ0) is 25.9. The summed E-state index contributed by atoms with van der Waals surface area (Å²) in [6.07, 6.45) is 2.07. The van der Waals surface area contributed by atoms with Crippen LogP contribution < -0.4 is 4.74 Å². The summed E-state index contributed by atoms with van der Waals surface area (Å²) in [6.45, 7) is 3.30. The van der Waals surface area contributed by atoms with E-state index in [2.05, 4.69) is 59.3 Å². The molecular formula is C32H32BrNO3. The molecule has 0 saturated heterocycles. The molecule has 4 nitrogen and oxygen atoms in total. The van der Waals surface area contributed by atoms with Crippen molar-refractivity contribution in [2.75, 3.05) is 0 Å². The minimum Gasteiger partial charge on any atom is -0.489 e. The molecule has 4 aromatic rings. The molecule has 0 heterocycles. The SMILES string of the molecule is Cc1ccc(COc2ccc(CON(Cc3ccc(Br)cc3)C(=O)CCCc3ccccc3)cc2)cc1. The van der Waals surface area contributed by atoms with E-state index in [1.165, 1.54) is 16.2 Å². The zero-order valence-electron chi connectivity index (χ0n) is 21.1. The summed E-state index contributed by atoms with van der Waals surface area (Å²) >= 11 is 3.47. The van der Waals surface area contributed by atoms with Gasteiger partial charge >= 0.3 is 0 Å². The molecule has 1 amide bonds. The molecular weight excluding hydrogens is 526 g/mol. The van der Waals surface area contributed by atoms with Gasteiger partial charge in [0.2, 0.25) is 5.91 Å². The van der Waals surface area contributed by atoms with Crippen molar-refractivity contribution in [3.63, 3.8) is 0 Å². The molecule has 4 aromatic carbocycles.